The zero-order valence-electron chi connectivity index (χ0n) is 9.48. The number of carbonyl (C=O) groups is 1. The quantitative estimate of drug-likeness (QED) is 0.810. The van der Waals surface area contributed by atoms with Crippen LogP contribution in [-0.4, -0.2) is 17.4 Å². The molecule has 0 atom stereocenters. The Kier molecular flexibility index (Phi) is 3.06. The molecule has 0 spiro atoms. The normalized spacial score (nSPS) is 13.2. The number of ketones is 1. The summed E-state index contributed by atoms with van der Waals surface area (Å²) in [6.07, 6.45) is 2.77. The van der Waals surface area contributed by atoms with Gasteiger partial charge >= 0.3 is 0 Å². The van der Waals surface area contributed by atoms with E-state index in [0.717, 1.165) is 23.3 Å². The average Bonchev–Trinajstić information content (AvgIpc) is 2.98. The van der Waals surface area contributed by atoms with E-state index in [1.165, 1.54) is 11.3 Å². The van der Waals surface area contributed by atoms with Gasteiger partial charge in [-0.05, 0) is 17.7 Å². The van der Waals surface area contributed by atoms with E-state index in [9.17, 15) is 4.79 Å². The summed E-state index contributed by atoms with van der Waals surface area (Å²) >= 11 is 7.41. The third-order valence-electron chi connectivity index (χ3n) is 2.88. The van der Waals surface area contributed by atoms with E-state index in [1.54, 1.807) is 11.7 Å². The fourth-order valence-electron chi connectivity index (χ4n) is 2.09. The third kappa shape index (κ3) is 2.13. The molecule has 2 heterocycles. The summed E-state index contributed by atoms with van der Waals surface area (Å²) < 4.78 is 5.58. The van der Waals surface area contributed by atoms with Crippen molar-refractivity contribution in [3.8, 4) is 5.75 Å². The molecule has 2 aromatic rings. The first-order valence-corrected chi connectivity index (χ1v) is 6.85. The van der Waals surface area contributed by atoms with Crippen LogP contribution in [0, 0.1) is 0 Å². The average molecular weight is 280 g/mol. The Balaban J connectivity index is 1.91. The number of fused-ring (bicyclic) bond motifs is 1. The highest BCUT2D eigenvalue weighted by Crippen LogP contribution is 2.33. The van der Waals surface area contributed by atoms with Crippen LogP contribution in [0.2, 0.25) is 5.02 Å². The van der Waals surface area contributed by atoms with Crippen LogP contribution in [0.4, 0.5) is 0 Å². The molecule has 5 heteroatoms. The molecule has 0 aliphatic carbocycles. The largest absolute Gasteiger partial charge is 0.493 e. The number of benzene rings is 1. The van der Waals surface area contributed by atoms with Gasteiger partial charge in [0.05, 0.1) is 17.0 Å². The smallest absolute Gasteiger partial charge is 0.178 e. The molecule has 0 unspecified atom stereocenters. The lowest BCUT2D eigenvalue weighted by Crippen LogP contribution is -2.03. The Labute approximate surface area is 113 Å². The minimum atomic E-state index is 0.0532. The topological polar surface area (TPSA) is 39.2 Å². The van der Waals surface area contributed by atoms with E-state index in [-0.39, 0.29) is 5.78 Å². The van der Waals surface area contributed by atoms with Crippen molar-refractivity contribution in [1.82, 2.24) is 4.98 Å². The van der Waals surface area contributed by atoms with Gasteiger partial charge in [0.2, 0.25) is 0 Å². The van der Waals surface area contributed by atoms with Gasteiger partial charge in [-0.1, -0.05) is 11.6 Å². The molecule has 0 fully saturated rings. The van der Waals surface area contributed by atoms with Gasteiger partial charge in [-0.2, -0.15) is 0 Å². The van der Waals surface area contributed by atoms with Crippen LogP contribution in [0.25, 0.3) is 0 Å². The number of carbonyl (C=O) groups excluding carboxylic acids is 1. The van der Waals surface area contributed by atoms with Crippen LogP contribution in [0.1, 0.15) is 20.8 Å². The Hall–Kier alpha value is -1.39. The first-order chi connectivity index (χ1) is 8.74. The Morgan fingerprint density at radius 1 is 1.50 bits per heavy atom. The highest BCUT2D eigenvalue weighted by molar-refractivity contribution is 7.11. The van der Waals surface area contributed by atoms with E-state index in [0.29, 0.717) is 22.9 Å². The first-order valence-electron chi connectivity index (χ1n) is 5.60. The van der Waals surface area contributed by atoms with Crippen molar-refractivity contribution in [2.75, 3.05) is 6.61 Å². The molecule has 3 nitrogen and oxygen atoms in total. The summed E-state index contributed by atoms with van der Waals surface area (Å²) in [6, 6.07) is 3.72. The minimum Gasteiger partial charge on any atom is -0.493 e. The van der Waals surface area contributed by atoms with Crippen molar-refractivity contribution in [2.45, 2.75) is 12.8 Å². The van der Waals surface area contributed by atoms with E-state index < -0.39 is 0 Å². The number of hydrogen-bond donors (Lipinski definition) is 0. The maximum atomic E-state index is 12.1. The predicted molar refractivity (Wildman–Crippen MR) is 70.8 cm³/mol. The second kappa shape index (κ2) is 4.71. The van der Waals surface area contributed by atoms with Gasteiger partial charge in [0.15, 0.2) is 5.78 Å². The number of Topliss-reactive ketones (excluding diaryl/α,β-unsaturated/α-hetero) is 1. The monoisotopic (exact) mass is 279 g/mol. The van der Waals surface area contributed by atoms with E-state index in [4.69, 9.17) is 16.3 Å². The fraction of sp³-hybridized carbons (Fsp3) is 0.231. The third-order valence-corrected chi connectivity index (χ3v) is 3.92. The van der Waals surface area contributed by atoms with Crippen molar-refractivity contribution in [3.63, 3.8) is 0 Å². The van der Waals surface area contributed by atoms with Gasteiger partial charge in [-0.15, -0.1) is 11.3 Å². The van der Waals surface area contributed by atoms with E-state index in [1.807, 2.05) is 12.1 Å². The van der Waals surface area contributed by atoms with Gasteiger partial charge in [-0.3, -0.25) is 9.78 Å². The molecule has 0 radical (unpaired) electrons. The Morgan fingerprint density at radius 2 is 2.39 bits per heavy atom. The highest BCUT2D eigenvalue weighted by Gasteiger charge is 2.20. The van der Waals surface area contributed by atoms with Gasteiger partial charge in [-0.25, -0.2) is 0 Å². The molecule has 18 heavy (non-hydrogen) atoms. The summed E-state index contributed by atoms with van der Waals surface area (Å²) in [5.41, 5.74) is 3.62. The lowest BCUT2D eigenvalue weighted by atomic mass is 10.0. The summed E-state index contributed by atoms with van der Waals surface area (Å²) in [4.78, 5) is 16.6. The zero-order chi connectivity index (χ0) is 12.5. The van der Waals surface area contributed by atoms with Crippen molar-refractivity contribution >= 4 is 28.7 Å². The van der Waals surface area contributed by atoms with Crippen molar-refractivity contribution in [3.05, 3.63) is 44.9 Å². The molecule has 0 saturated carbocycles. The van der Waals surface area contributed by atoms with Crippen molar-refractivity contribution in [2.24, 2.45) is 0 Å². The van der Waals surface area contributed by atoms with Crippen LogP contribution < -0.4 is 4.74 Å². The minimum absolute atomic E-state index is 0.0532. The molecule has 0 saturated heterocycles. The Bertz CT molecular complexity index is 595. The van der Waals surface area contributed by atoms with Crippen molar-refractivity contribution in [1.29, 1.82) is 0 Å². The second-order valence-corrected chi connectivity index (χ2v) is 5.44. The molecule has 0 N–H and O–H groups in total. The van der Waals surface area contributed by atoms with Gasteiger partial charge in [0.25, 0.3) is 0 Å². The van der Waals surface area contributed by atoms with Crippen LogP contribution in [0.3, 0.4) is 0 Å². The molecule has 0 bridgehead atoms. The highest BCUT2D eigenvalue weighted by atomic mass is 35.5. The molecule has 92 valence electrons. The van der Waals surface area contributed by atoms with Crippen LogP contribution in [0.15, 0.2) is 23.8 Å². The number of rotatable bonds is 3. The summed E-state index contributed by atoms with van der Waals surface area (Å²) in [5.74, 6) is 0.884. The fourth-order valence-corrected chi connectivity index (χ4v) is 2.91. The first kappa shape index (κ1) is 11.7. The lowest BCUT2D eigenvalue weighted by molar-refractivity contribution is 0.0995. The van der Waals surface area contributed by atoms with Crippen LogP contribution >= 0.6 is 22.9 Å². The Morgan fingerprint density at radius 3 is 3.17 bits per heavy atom. The maximum absolute atomic E-state index is 12.1. The predicted octanol–water partition coefficient (Wildman–Crippen LogP) is 3.16. The van der Waals surface area contributed by atoms with E-state index >= 15 is 0 Å². The molecule has 0 amide bonds. The molecular weight excluding hydrogens is 270 g/mol. The van der Waals surface area contributed by atoms with Crippen LogP contribution in [0.5, 0.6) is 5.75 Å². The number of hydrogen-bond acceptors (Lipinski definition) is 4. The standard InChI is InChI=1S/C13H10ClNO2S/c14-10-3-8-1-2-17-13(8)9(4-10)5-11(16)12-6-15-7-18-12/h3-4,6-7H,1-2,5H2. The molecule has 3 rings (SSSR count). The van der Waals surface area contributed by atoms with Gasteiger partial charge in [0.1, 0.15) is 5.75 Å². The van der Waals surface area contributed by atoms with Crippen LogP contribution in [-0.2, 0) is 12.8 Å². The van der Waals surface area contributed by atoms with Gasteiger partial charge < -0.3 is 4.74 Å². The zero-order valence-corrected chi connectivity index (χ0v) is 11.1. The number of ether oxygens (including phenoxy) is 1. The molecule has 1 aromatic carbocycles. The maximum Gasteiger partial charge on any atom is 0.178 e. The number of nitrogens with zero attached hydrogens (tertiary/aromatic N) is 1. The molecule has 1 aliphatic rings. The van der Waals surface area contributed by atoms with E-state index in [2.05, 4.69) is 4.98 Å². The molecular formula is C13H10ClNO2S. The van der Waals surface area contributed by atoms with Gasteiger partial charge in [0, 0.05) is 29.6 Å². The SMILES string of the molecule is O=C(Cc1cc(Cl)cc2c1OCC2)c1cncs1. The molecule has 1 aromatic heterocycles. The lowest BCUT2D eigenvalue weighted by Gasteiger charge is -2.07. The summed E-state index contributed by atoms with van der Waals surface area (Å²) in [6.45, 7) is 0.664. The number of thiazole rings is 1. The van der Waals surface area contributed by atoms with Crippen molar-refractivity contribution < 1.29 is 9.53 Å². The second-order valence-electron chi connectivity index (χ2n) is 4.12. The summed E-state index contributed by atoms with van der Waals surface area (Å²) in [7, 11) is 0. The summed E-state index contributed by atoms with van der Waals surface area (Å²) in [5, 5.41) is 0.659. The number of aromatic nitrogens is 1. The molecule has 1 aliphatic heterocycles. The number of halogens is 1.